The van der Waals surface area contributed by atoms with Crippen molar-refractivity contribution < 1.29 is 12.8 Å². The Morgan fingerprint density at radius 3 is 2.67 bits per heavy atom. The molecule has 0 saturated heterocycles. The minimum absolute atomic E-state index is 0.171. The van der Waals surface area contributed by atoms with Gasteiger partial charge in [-0.3, -0.25) is 4.72 Å². The van der Waals surface area contributed by atoms with Crippen LogP contribution in [0.25, 0.3) is 0 Å². The quantitative estimate of drug-likeness (QED) is 0.940. The Hall–Kier alpha value is -2.10. The second-order valence-corrected chi connectivity index (χ2v) is 6.37. The zero-order chi connectivity index (χ0) is 15.6. The van der Waals surface area contributed by atoms with Crippen LogP contribution in [0.3, 0.4) is 0 Å². The number of halogens is 2. The summed E-state index contributed by atoms with van der Waals surface area (Å²) in [4.78, 5) is -0.428. The number of anilines is 1. The molecule has 0 radical (unpaired) electrons. The average Bonchev–Trinajstić information content (AvgIpc) is 2.42. The molecule has 2 aromatic rings. The molecule has 1 N–H and O–H groups in total. The Morgan fingerprint density at radius 2 is 2.00 bits per heavy atom. The van der Waals surface area contributed by atoms with Crippen molar-refractivity contribution in [2.24, 2.45) is 0 Å². The Bertz CT molecular complexity index is 845. The van der Waals surface area contributed by atoms with Crippen LogP contribution in [0.15, 0.2) is 41.3 Å². The third-order valence-electron chi connectivity index (χ3n) is 2.74. The summed E-state index contributed by atoms with van der Waals surface area (Å²) in [6, 6.07) is 9.78. The lowest BCUT2D eigenvalue weighted by Crippen LogP contribution is -2.15. The van der Waals surface area contributed by atoms with Crippen LogP contribution in [0.1, 0.15) is 11.1 Å². The summed E-state index contributed by atoms with van der Waals surface area (Å²) in [5.74, 6) is -0.893. The van der Waals surface area contributed by atoms with Gasteiger partial charge in [0.2, 0.25) is 0 Å². The normalized spacial score (nSPS) is 11.0. The highest BCUT2D eigenvalue weighted by Crippen LogP contribution is 2.27. The van der Waals surface area contributed by atoms with Gasteiger partial charge in [0.25, 0.3) is 10.0 Å². The van der Waals surface area contributed by atoms with Crippen LogP contribution in [0, 0.1) is 24.1 Å². The Labute approximate surface area is 126 Å². The van der Waals surface area contributed by atoms with Crippen LogP contribution in [0.5, 0.6) is 0 Å². The van der Waals surface area contributed by atoms with Gasteiger partial charge in [-0.05, 0) is 36.8 Å². The van der Waals surface area contributed by atoms with E-state index in [4.69, 9.17) is 16.9 Å². The van der Waals surface area contributed by atoms with Crippen molar-refractivity contribution >= 4 is 27.3 Å². The molecule has 0 aromatic heterocycles. The number of benzene rings is 2. The van der Waals surface area contributed by atoms with Gasteiger partial charge in [0.15, 0.2) is 0 Å². The topological polar surface area (TPSA) is 70.0 Å². The molecule has 0 heterocycles. The minimum Gasteiger partial charge on any atom is -0.278 e. The lowest BCUT2D eigenvalue weighted by atomic mass is 10.2. The van der Waals surface area contributed by atoms with Crippen molar-refractivity contribution in [1.29, 1.82) is 5.26 Å². The van der Waals surface area contributed by atoms with E-state index in [9.17, 15) is 12.8 Å². The van der Waals surface area contributed by atoms with Gasteiger partial charge in [0.05, 0.1) is 10.7 Å². The summed E-state index contributed by atoms with van der Waals surface area (Å²) in [6.07, 6.45) is 0. The van der Waals surface area contributed by atoms with Gasteiger partial charge >= 0.3 is 0 Å². The SMILES string of the molecule is Cc1ccc(Cl)c(NS(=O)(=O)c2cccc(F)c2C#N)c1. The summed E-state index contributed by atoms with van der Waals surface area (Å²) in [6.45, 7) is 1.77. The van der Waals surface area contributed by atoms with E-state index >= 15 is 0 Å². The molecule has 0 amide bonds. The van der Waals surface area contributed by atoms with Crippen LogP contribution in [-0.4, -0.2) is 8.42 Å². The molecule has 0 saturated carbocycles. The van der Waals surface area contributed by atoms with Gasteiger partial charge < -0.3 is 0 Å². The smallest absolute Gasteiger partial charge is 0.263 e. The van der Waals surface area contributed by atoms with Gasteiger partial charge in [0, 0.05) is 0 Å². The van der Waals surface area contributed by atoms with E-state index in [1.807, 2.05) is 0 Å². The number of aryl methyl sites for hydroxylation is 1. The molecule has 0 aliphatic heterocycles. The first-order valence-electron chi connectivity index (χ1n) is 5.83. The molecule has 0 aliphatic carbocycles. The van der Waals surface area contributed by atoms with Crippen LogP contribution in [-0.2, 0) is 10.0 Å². The average molecular weight is 325 g/mol. The summed E-state index contributed by atoms with van der Waals surface area (Å²) in [5, 5.41) is 9.13. The van der Waals surface area contributed by atoms with Crippen molar-refractivity contribution in [2.75, 3.05) is 4.72 Å². The maximum atomic E-state index is 13.5. The van der Waals surface area contributed by atoms with E-state index in [0.29, 0.717) is 0 Å². The zero-order valence-corrected chi connectivity index (χ0v) is 12.5. The van der Waals surface area contributed by atoms with E-state index in [2.05, 4.69) is 4.72 Å². The van der Waals surface area contributed by atoms with E-state index in [1.165, 1.54) is 6.07 Å². The predicted molar refractivity (Wildman–Crippen MR) is 78.1 cm³/mol. The fraction of sp³-hybridized carbons (Fsp3) is 0.0714. The number of sulfonamides is 1. The van der Waals surface area contributed by atoms with Gasteiger partial charge in [-0.2, -0.15) is 5.26 Å². The first-order valence-corrected chi connectivity index (χ1v) is 7.69. The summed E-state index contributed by atoms with van der Waals surface area (Å²) >= 11 is 5.93. The molecular weight excluding hydrogens is 315 g/mol. The minimum atomic E-state index is -4.11. The molecule has 108 valence electrons. The molecule has 7 heteroatoms. The van der Waals surface area contributed by atoms with Crippen LogP contribution >= 0.6 is 11.6 Å². The Balaban J connectivity index is 2.52. The van der Waals surface area contributed by atoms with Gasteiger partial charge in [-0.25, -0.2) is 12.8 Å². The third kappa shape index (κ3) is 3.15. The van der Waals surface area contributed by atoms with Crippen molar-refractivity contribution in [1.82, 2.24) is 0 Å². The lowest BCUT2D eigenvalue weighted by molar-refractivity contribution is 0.593. The van der Waals surface area contributed by atoms with Crippen molar-refractivity contribution in [2.45, 2.75) is 11.8 Å². The Kier molecular flexibility index (Phi) is 4.16. The second-order valence-electron chi connectivity index (χ2n) is 4.31. The van der Waals surface area contributed by atoms with Gasteiger partial charge in [0.1, 0.15) is 22.3 Å². The standard InChI is InChI=1S/C14H10ClFN2O2S/c1-9-5-6-11(15)13(7-9)18-21(19,20)14-4-2-3-12(16)10(14)8-17/h2-7,18H,1H3. The van der Waals surface area contributed by atoms with Crippen LogP contribution < -0.4 is 4.72 Å². The van der Waals surface area contributed by atoms with Crippen molar-refractivity contribution in [3.63, 3.8) is 0 Å². The number of nitrogens with one attached hydrogen (secondary N) is 1. The van der Waals surface area contributed by atoms with E-state index < -0.39 is 26.3 Å². The number of nitrogens with zero attached hydrogens (tertiary/aromatic N) is 1. The molecule has 0 unspecified atom stereocenters. The molecular formula is C14H10ClFN2O2S. The third-order valence-corrected chi connectivity index (χ3v) is 4.48. The predicted octanol–water partition coefficient (Wildman–Crippen LogP) is 3.46. The maximum Gasteiger partial charge on any atom is 0.263 e. The maximum absolute atomic E-state index is 13.5. The zero-order valence-electron chi connectivity index (χ0n) is 10.9. The molecule has 0 bridgehead atoms. The number of nitriles is 1. The fourth-order valence-corrected chi connectivity index (χ4v) is 3.21. The van der Waals surface area contributed by atoms with E-state index in [1.54, 1.807) is 31.2 Å². The molecule has 0 atom stereocenters. The molecule has 2 rings (SSSR count). The summed E-state index contributed by atoms with van der Waals surface area (Å²) < 4.78 is 40.4. The first kappa shape index (κ1) is 15.3. The highest BCUT2D eigenvalue weighted by molar-refractivity contribution is 7.92. The Morgan fingerprint density at radius 1 is 1.29 bits per heavy atom. The molecule has 2 aromatic carbocycles. The largest absolute Gasteiger partial charge is 0.278 e. The summed E-state index contributed by atoms with van der Waals surface area (Å²) in [7, 11) is -4.11. The molecule has 21 heavy (non-hydrogen) atoms. The van der Waals surface area contributed by atoms with Crippen molar-refractivity contribution in [3.8, 4) is 6.07 Å². The molecule has 0 aliphatic rings. The van der Waals surface area contributed by atoms with E-state index in [0.717, 1.165) is 17.7 Å². The monoisotopic (exact) mass is 324 g/mol. The van der Waals surface area contributed by atoms with Crippen molar-refractivity contribution in [3.05, 3.63) is 58.4 Å². The number of hydrogen-bond acceptors (Lipinski definition) is 3. The number of hydrogen-bond donors (Lipinski definition) is 1. The second kappa shape index (κ2) is 5.72. The van der Waals surface area contributed by atoms with Crippen LogP contribution in [0.4, 0.5) is 10.1 Å². The van der Waals surface area contributed by atoms with Crippen LogP contribution in [0.2, 0.25) is 5.02 Å². The molecule has 0 spiro atoms. The fourth-order valence-electron chi connectivity index (χ4n) is 1.75. The number of rotatable bonds is 3. The highest BCUT2D eigenvalue weighted by Gasteiger charge is 2.22. The lowest BCUT2D eigenvalue weighted by Gasteiger charge is -2.11. The highest BCUT2D eigenvalue weighted by atomic mass is 35.5. The molecule has 4 nitrogen and oxygen atoms in total. The van der Waals surface area contributed by atoms with E-state index in [-0.39, 0.29) is 10.7 Å². The summed E-state index contributed by atoms with van der Waals surface area (Å²) in [5.41, 5.74) is 0.440. The first-order chi connectivity index (χ1) is 9.85. The van der Waals surface area contributed by atoms with Gasteiger partial charge in [-0.1, -0.05) is 23.7 Å². The molecule has 0 fully saturated rings. The van der Waals surface area contributed by atoms with Gasteiger partial charge in [-0.15, -0.1) is 0 Å².